The van der Waals surface area contributed by atoms with Gasteiger partial charge in [-0.15, -0.1) is 0 Å². The number of carbonyl (C=O) groups excluding carboxylic acids is 2. The van der Waals surface area contributed by atoms with Crippen LogP contribution >= 0.6 is 11.6 Å². The minimum Gasteiger partial charge on any atom is -0.462 e. The smallest absolute Gasteiger partial charge is 0.336 e. The molecule has 2 aromatic rings. The molecule has 3 unspecified atom stereocenters. The molecule has 0 saturated heterocycles. The number of hydrogen-bond acceptors (Lipinski definition) is 6. The van der Waals surface area contributed by atoms with Crippen LogP contribution in [0.3, 0.4) is 0 Å². The van der Waals surface area contributed by atoms with Crippen molar-refractivity contribution in [3.05, 3.63) is 81.7 Å². The number of fused-ring (bicyclic) bond motifs is 2. The quantitative estimate of drug-likeness (QED) is 0.555. The number of hydrogen-bond donors (Lipinski definition) is 1. The van der Waals surface area contributed by atoms with Gasteiger partial charge in [0.2, 0.25) is 6.79 Å². The van der Waals surface area contributed by atoms with Gasteiger partial charge in [0, 0.05) is 34.7 Å². The predicted octanol–water partition coefficient (Wildman–Crippen LogP) is 5.49. The number of Topliss-reactive ketones (excluding diaryl/α,β-unsaturated/α-hetero) is 1. The Kier molecular flexibility index (Phi) is 6.32. The van der Waals surface area contributed by atoms with E-state index < -0.39 is 17.8 Å². The van der Waals surface area contributed by atoms with E-state index in [2.05, 4.69) is 11.4 Å². The van der Waals surface area contributed by atoms with Crippen LogP contribution in [0.1, 0.15) is 50.2 Å². The maximum absolute atomic E-state index is 13.7. The van der Waals surface area contributed by atoms with Crippen LogP contribution in [0.5, 0.6) is 11.5 Å². The van der Waals surface area contributed by atoms with Crippen molar-refractivity contribution in [2.45, 2.75) is 39.0 Å². The van der Waals surface area contributed by atoms with E-state index in [0.717, 1.165) is 16.8 Å². The molecule has 182 valence electrons. The largest absolute Gasteiger partial charge is 0.462 e. The van der Waals surface area contributed by atoms with Crippen LogP contribution in [0.15, 0.2) is 65.5 Å². The number of esters is 1. The second-order valence-electron chi connectivity index (χ2n) is 9.67. The number of halogens is 1. The summed E-state index contributed by atoms with van der Waals surface area (Å²) in [6, 6.07) is 13.2. The number of ether oxygens (including phenoxy) is 3. The average molecular weight is 494 g/mol. The van der Waals surface area contributed by atoms with Gasteiger partial charge < -0.3 is 19.5 Å². The van der Waals surface area contributed by atoms with Gasteiger partial charge in [-0.1, -0.05) is 49.7 Å². The molecule has 3 atom stereocenters. The van der Waals surface area contributed by atoms with E-state index in [-0.39, 0.29) is 24.4 Å². The van der Waals surface area contributed by atoms with Gasteiger partial charge in [-0.2, -0.15) is 0 Å². The van der Waals surface area contributed by atoms with Crippen molar-refractivity contribution in [1.82, 2.24) is 5.32 Å². The summed E-state index contributed by atoms with van der Waals surface area (Å²) in [6.45, 7) is 6.30. The molecular weight excluding hydrogens is 466 g/mol. The third kappa shape index (κ3) is 4.55. The van der Waals surface area contributed by atoms with Gasteiger partial charge in [-0.3, -0.25) is 4.79 Å². The Morgan fingerprint density at radius 1 is 1.09 bits per heavy atom. The Balaban J connectivity index is 1.58. The molecule has 6 nitrogen and oxygen atoms in total. The molecule has 35 heavy (non-hydrogen) atoms. The number of rotatable bonds is 5. The van der Waals surface area contributed by atoms with Crippen molar-refractivity contribution in [3.8, 4) is 11.5 Å². The van der Waals surface area contributed by atoms with Crippen LogP contribution in [0.25, 0.3) is 0 Å². The summed E-state index contributed by atoms with van der Waals surface area (Å²) in [7, 11) is 0. The fourth-order valence-electron chi connectivity index (χ4n) is 5.06. The maximum Gasteiger partial charge on any atom is 0.336 e. The summed E-state index contributed by atoms with van der Waals surface area (Å²) in [5.41, 5.74) is 3.82. The van der Waals surface area contributed by atoms with E-state index in [1.807, 2.05) is 63.2 Å². The van der Waals surface area contributed by atoms with E-state index in [1.54, 1.807) is 0 Å². The standard InChI is InChI=1S/C28H28ClNO5/c1-15(2)13-33-28(32)25-16(3)30-21-10-19(17-4-7-20(29)8-5-17)11-22(31)27(21)26(25)18-6-9-23-24(12-18)35-14-34-23/h4-10,12,15,19,26-27,30H,11,13-14H2,1-3H3. The van der Waals surface area contributed by atoms with Gasteiger partial charge in [0.25, 0.3) is 0 Å². The summed E-state index contributed by atoms with van der Waals surface area (Å²) in [6.07, 6.45) is 2.45. The average Bonchev–Trinajstić information content (AvgIpc) is 3.30. The van der Waals surface area contributed by atoms with Gasteiger partial charge in [-0.05, 0) is 48.2 Å². The highest BCUT2D eigenvalue weighted by molar-refractivity contribution is 6.30. The summed E-state index contributed by atoms with van der Waals surface area (Å²) in [5.74, 6) is 0.0459. The molecule has 0 radical (unpaired) electrons. The molecule has 5 rings (SSSR count). The molecule has 1 N–H and O–H groups in total. The highest BCUT2D eigenvalue weighted by Gasteiger charge is 2.45. The molecule has 3 aliphatic rings. The minimum absolute atomic E-state index is 0.0688. The lowest BCUT2D eigenvalue weighted by molar-refractivity contribution is -0.140. The summed E-state index contributed by atoms with van der Waals surface area (Å²) >= 11 is 6.06. The summed E-state index contributed by atoms with van der Waals surface area (Å²) in [4.78, 5) is 27.0. The fourth-order valence-corrected chi connectivity index (χ4v) is 5.18. The molecule has 0 aromatic heterocycles. The van der Waals surface area contributed by atoms with Gasteiger partial charge in [0.1, 0.15) is 5.78 Å². The Bertz CT molecular complexity index is 1230. The van der Waals surface area contributed by atoms with Crippen molar-refractivity contribution < 1.29 is 23.8 Å². The van der Waals surface area contributed by atoms with Crippen molar-refractivity contribution in [2.24, 2.45) is 11.8 Å². The van der Waals surface area contributed by atoms with Crippen LogP contribution < -0.4 is 14.8 Å². The zero-order valence-corrected chi connectivity index (χ0v) is 20.7. The number of benzene rings is 2. The molecule has 2 heterocycles. The Morgan fingerprint density at radius 3 is 2.54 bits per heavy atom. The SMILES string of the molecule is CC1=C(C(=O)OCC(C)C)C(c2ccc3c(c2)OCO3)C2C(=O)CC(c3ccc(Cl)cc3)C=C2N1. The maximum atomic E-state index is 13.7. The number of ketones is 1. The molecule has 0 saturated carbocycles. The van der Waals surface area contributed by atoms with Gasteiger partial charge >= 0.3 is 5.97 Å². The molecule has 2 aromatic carbocycles. The van der Waals surface area contributed by atoms with E-state index in [1.165, 1.54) is 0 Å². The highest BCUT2D eigenvalue weighted by Crippen LogP contribution is 2.48. The third-order valence-electron chi connectivity index (χ3n) is 6.69. The van der Waals surface area contributed by atoms with Gasteiger partial charge in [0.15, 0.2) is 11.5 Å². The van der Waals surface area contributed by atoms with Gasteiger partial charge in [-0.25, -0.2) is 4.79 Å². The van der Waals surface area contributed by atoms with E-state index in [0.29, 0.717) is 40.8 Å². The Hall–Kier alpha value is -3.25. The molecule has 0 amide bonds. The van der Waals surface area contributed by atoms with Crippen molar-refractivity contribution in [2.75, 3.05) is 13.4 Å². The normalized spacial score (nSPS) is 23.1. The minimum atomic E-state index is -0.524. The summed E-state index contributed by atoms with van der Waals surface area (Å²) < 4.78 is 16.7. The highest BCUT2D eigenvalue weighted by atomic mass is 35.5. The zero-order chi connectivity index (χ0) is 24.7. The predicted molar refractivity (Wildman–Crippen MR) is 132 cm³/mol. The van der Waals surface area contributed by atoms with Gasteiger partial charge in [0.05, 0.1) is 18.1 Å². The summed E-state index contributed by atoms with van der Waals surface area (Å²) in [5, 5.41) is 4.02. The van der Waals surface area contributed by atoms with Crippen LogP contribution in [-0.4, -0.2) is 25.2 Å². The Labute approximate surface area is 209 Å². The van der Waals surface area contributed by atoms with E-state index in [9.17, 15) is 9.59 Å². The number of nitrogens with one attached hydrogen (secondary N) is 1. The lowest BCUT2D eigenvalue weighted by Gasteiger charge is -2.39. The second-order valence-corrected chi connectivity index (χ2v) is 10.1. The zero-order valence-electron chi connectivity index (χ0n) is 20.0. The first-order chi connectivity index (χ1) is 16.8. The first-order valence-electron chi connectivity index (χ1n) is 11.9. The van der Waals surface area contributed by atoms with Crippen molar-refractivity contribution in [1.29, 1.82) is 0 Å². The third-order valence-corrected chi connectivity index (χ3v) is 6.94. The topological polar surface area (TPSA) is 73.9 Å². The first-order valence-corrected chi connectivity index (χ1v) is 12.2. The van der Waals surface area contributed by atoms with Crippen LogP contribution in [0, 0.1) is 11.8 Å². The lowest BCUT2D eigenvalue weighted by Crippen LogP contribution is -2.42. The number of carbonyl (C=O) groups is 2. The second kappa shape index (κ2) is 9.42. The molecule has 2 aliphatic heterocycles. The van der Waals surface area contributed by atoms with Crippen LogP contribution in [0.2, 0.25) is 5.02 Å². The van der Waals surface area contributed by atoms with Crippen LogP contribution in [-0.2, 0) is 14.3 Å². The molecule has 0 spiro atoms. The van der Waals surface area contributed by atoms with E-state index in [4.69, 9.17) is 25.8 Å². The lowest BCUT2D eigenvalue weighted by atomic mass is 9.68. The first kappa shape index (κ1) is 23.5. The number of allylic oxidation sites excluding steroid dienone is 3. The van der Waals surface area contributed by atoms with Crippen molar-refractivity contribution in [3.63, 3.8) is 0 Å². The van der Waals surface area contributed by atoms with Crippen molar-refractivity contribution >= 4 is 23.4 Å². The monoisotopic (exact) mass is 493 g/mol. The van der Waals surface area contributed by atoms with E-state index >= 15 is 0 Å². The fraction of sp³-hybridized carbons (Fsp3) is 0.357. The molecule has 7 heteroatoms. The molecular formula is C28H28ClNO5. The molecule has 1 aliphatic carbocycles. The Morgan fingerprint density at radius 2 is 1.80 bits per heavy atom. The molecule has 0 bridgehead atoms. The molecule has 0 fully saturated rings. The van der Waals surface area contributed by atoms with Crippen LogP contribution in [0.4, 0.5) is 0 Å².